The molecule has 0 unspecified atom stereocenters. The normalized spacial score (nSPS) is 11.6. The Morgan fingerprint density at radius 1 is 1.16 bits per heavy atom. The number of anilines is 1. The van der Waals surface area contributed by atoms with Crippen LogP contribution in [0, 0.1) is 0 Å². The van der Waals surface area contributed by atoms with Gasteiger partial charge in [-0.2, -0.15) is 13.2 Å². The van der Waals surface area contributed by atoms with Crippen molar-refractivity contribution in [1.82, 2.24) is 14.8 Å². The number of alkyl halides is 3. The average molecular weight is 505 g/mol. The van der Waals surface area contributed by atoms with Crippen molar-refractivity contribution in [3.63, 3.8) is 0 Å². The van der Waals surface area contributed by atoms with Crippen molar-refractivity contribution in [3.05, 3.63) is 58.1 Å². The number of hydrogen-bond acceptors (Lipinski definition) is 5. The molecule has 170 valence electrons. The van der Waals surface area contributed by atoms with E-state index >= 15 is 0 Å². The Hall–Kier alpha value is -2.27. The molecule has 0 radical (unpaired) electrons. The van der Waals surface area contributed by atoms with E-state index in [1.165, 1.54) is 6.07 Å². The summed E-state index contributed by atoms with van der Waals surface area (Å²) in [6.45, 7) is 0.834. The molecule has 0 spiro atoms. The number of nitrogens with one attached hydrogen (secondary N) is 1. The van der Waals surface area contributed by atoms with Crippen LogP contribution in [0.2, 0.25) is 10.0 Å². The molecule has 0 atom stereocenters. The van der Waals surface area contributed by atoms with Gasteiger partial charge in [0.15, 0.2) is 11.0 Å². The predicted molar refractivity (Wildman–Crippen MR) is 118 cm³/mol. The first kappa shape index (κ1) is 24.4. The summed E-state index contributed by atoms with van der Waals surface area (Å²) in [6.07, 6.45) is -4.62. The highest BCUT2D eigenvalue weighted by Gasteiger charge is 2.33. The minimum Gasteiger partial charge on any atom is -0.383 e. The number of aromatic nitrogens is 3. The zero-order valence-corrected chi connectivity index (χ0v) is 18.9. The zero-order valence-electron chi connectivity index (χ0n) is 16.6. The topological polar surface area (TPSA) is 69.0 Å². The van der Waals surface area contributed by atoms with E-state index in [1.54, 1.807) is 35.9 Å². The molecule has 0 aliphatic rings. The Balaban J connectivity index is 1.72. The maximum atomic E-state index is 13.0. The van der Waals surface area contributed by atoms with Gasteiger partial charge in [0, 0.05) is 23.4 Å². The van der Waals surface area contributed by atoms with Crippen molar-refractivity contribution >= 4 is 46.6 Å². The second-order valence-corrected chi connectivity index (χ2v) is 8.27. The Morgan fingerprint density at radius 3 is 2.53 bits per heavy atom. The highest BCUT2D eigenvalue weighted by Crippen LogP contribution is 2.36. The minimum atomic E-state index is -4.62. The molecule has 0 saturated carbocycles. The van der Waals surface area contributed by atoms with Gasteiger partial charge in [-0.05, 0) is 42.5 Å². The summed E-state index contributed by atoms with van der Waals surface area (Å²) in [4.78, 5) is 12.3. The molecule has 12 heteroatoms. The van der Waals surface area contributed by atoms with Crippen LogP contribution in [-0.4, -0.2) is 40.1 Å². The highest BCUT2D eigenvalue weighted by atomic mass is 35.5. The van der Waals surface area contributed by atoms with Crippen LogP contribution in [0.3, 0.4) is 0 Å². The summed E-state index contributed by atoms with van der Waals surface area (Å²) in [7, 11) is 1.56. The number of carbonyl (C=O) groups is 1. The van der Waals surface area contributed by atoms with Crippen molar-refractivity contribution in [2.75, 3.05) is 24.8 Å². The van der Waals surface area contributed by atoms with Gasteiger partial charge in [-0.25, -0.2) is 0 Å². The zero-order chi connectivity index (χ0) is 23.3. The summed E-state index contributed by atoms with van der Waals surface area (Å²) in [5.74, 6) is -0.00988. The lowest BCUT2D eigenvalue weighted by Gasteiger charge is -2.12. The Morgan fingerprint density at radius 2 is 1.88 bits per heavy atom. The van der Waals surface area contributed by atoms with Gasteiger partial charge >= 0.3 is 6.18 Å². The van der Waals surface area contributed by atoms with Gasteiger partial charge in [-0.3, -0.25) is 9.36 Å². The number of benzene rings is 2. The number of nitrogens with zero attached hydrogens (tertiary/aromatic N) is 3. The minimum absolute atomic E-state index is 0.00460. The fourth-order valence-electron chi connectivity index (χ4n) is 2.74. The van der Waals surface area contributed by atoms with Gasteiger partial charge in [0.05, 0.1) is 29.5 Å². The fraction of sp³-hybridized carbons (Fsp3) is 0.250. The van der Waals surface area contributed by atoms with E-state index in [-0.39, 0.29) is 11.4 Å². The van der Waals surface area contributed by atoms with Crippen molar-refractivity contribution in [2.24, 2.45) is 0 Å². The lowest BCUT2D eigenvalue weighted by Crippen LogP contribution is -2.16. The molecule has 32 heavy (non-hydrogen) atoms. The molecule has 0 bridgehead atoms. The smallest absolute Gasteiger partial charge is 0.383 e. The third-order valence-electron chi connectivity index (χ3n) is 4.23. The van der Waals surface area contributed by atoms with Gasteiger partial charge in [-0.1, -0.05) is 35.0 Å². The van der Waals surface area contributed by atoms with Gasteiger partial charge < -0.3 is 10.1 Å². The molecule has 0 aliphatic carbocycles. The monoisotopic (exact) mass is 504 g/mol. The molecule has 2 aromatic carbocycles. The molecular formula is C20H17Cl2F3N4O2S. The summed E-state index contributed by atoms with van der Waals surface area (Å²) in [6, 6.07) is 10.3. The van der Waals surface area contributed by atoms with Crippen LogP contribution < -0.4 is 5.32 Å². The summed E-state index contributed by atoms with van der Waals surface area (Å²) < 4.78 is 46.0. The quantitative estimate of drug-likeness (QED) is 0.401. The van der Waals surface area contributed by atoms with Crippen LogP contribution in [-0.2, 0) is 22.3 Å². The first-order valence-corrected chi connectivity index (χ1v) is 10.9. The second-order valence-electron chi connectivity index (χ2n) is 6.49. The Bertz CT molecular complexity index is 1090. The van der Waals surface area contributed by atoms with Gasteiger partial charge in [0.2, 0.25) is 5.91 Å². The number of amides is 1. The van der Waals surface area contributed by atoms with Crippen LogP contribution in [0.15, 0.2) is 47.6 Å². The lowest BCUT2D eigenvalue weighted by atomic mass is 10.2. The molecular weight excluding hydrogens is 488 g/mol. The first-order valence-electron chi connectivity index (χ1n) is 9.16. The molecule has 0 fully saturated rings. The summed E-state index contributed by atoms with van der Waals surface area (Å²) in [5.41, 5.74) is -0.235. The molecule has 0 aliphatic heterocycles. The molecule has 1 N–H and O–H groups in total. The maximum absolute atomic E-state index is 13.0. The van der Waals surface area contributed by atoms with E-state index in [1.807, 2.05) is 0 Å². The standard InChI is InChI=1S/C20H17Cl2F3N4O2S/c1-31-9-8-29-18(12-2-4-13(21)5-3-12)27-28-19(29)32-11-17(30)26-14-6-7-16(22)15(10-14)20(23,24)25/h2-7,10H,8-9,11H2,1H3,(H,26,30). The van der Waals surface area contributed by atoms with Crippen LogP contribution >= 0.6 is 35.0 Å². The highest BCUT2D eigenvalue weighted by molar-refractivity contribution is 7.99. The fourth-order valence-corrected chi connectivity index (χ4v) is 3.85. The number of ether oxygens (including phenoxy) is 1. The van der Waals surface area contributed by atoms with Crippen molar-refractivity contribution in [1.29, 1.82) is 0 Å². The predicted octanol–water partition coefficient (Wildman–Crippen LogP) is 5.65. The molecule has 1 heterocycles. The lowest BCUT2D eigenvalue weighted by molar-refractivity contribution is -0.137. The number of hydrogen-bond donors (Lipinski definition) is 1. The van der Waals surface area contributed by atoms with Crippen LogP contribution in [0.4, 0.5) is 18.9 Å². The molecule has 0 saturated heterocycles. The number of rotatable bonds is 8. The molecule has 6 nitrogen and oxygen atoms in total. The average Bonchev–Trinajstić information content (AvgIpc) is 3.14. The third kappa shape index (κ3) is 6.16. The van der Waals surface area contributed by atoms with E-state index in [4.69, 9.17) is 27.9 Å². The van der Waals surface area contributed by atoms with Crippen LogP contribution in [0.1, 0.15) is 5.56 Å². The molecule has 1 aromatic heterocycles. The van der Waals surface area contributed by atoms with Crippen molar-refractivity contribution in [2.45, 2.75) is 17.9 Å². The SMILES string of the molecule is COCCn1c(SCC(=O)Nc2ccc(Cl)c(C(F)(F)F)c2)nnc1-c1ccc(Cl)cc1. The van der Waals surface area contributed by atoms with Gasteiger partial charge in [-0.15, -0.1) is 10.2 Å². The van der Waals surface area contributed by atoms with Crippen LogP contribution in [0.25, 0.3) is 11.4 Å². The maximum Gasteiger partial charge on any atom is 0.417 e. The van der Waals surface area contributed by atoms with Gasteiger partial charge in [0.25, 0.3) is 0 Å². The third-order valence-corrected chi connectivity index (χ3v) is 5.77. The largest absolute Gasteiger partial charge is 0.417 e. The van der Waals surface area contributed by atoms with E-state index in [9.17, 15) is 18.0 Å². The number of methoxy groups -OCH3 is 1. The van der Waals surface area contributed by atoms with Crippen molar-refractivity contribution in [3.8, 4) is 11.4 Å². The second kappa shape index (κ2) is 10.6. The van der Waals surface area contributed by atoms with E-state index in [0.717, 1.165) is 29.5 Å². The summed E-state index contributed by atoms with van der Waals surface area (Å²) >= 11 is 12.7. The number of carbonyl (C=O) groups excluding carboxylic acids is 1. The van der Waals surface area contributed by atoms with Gasteiger partial charge in [0.1, 0.15) is 0 Å². The van der Waals surface area contributed by atoms with Crippen molar-refractivity contribution < 1.29 is 22.7 Å². The molecule has 1 amide bonds. The van der Waals surface area contributed by atoms with E-state index in [2.05, 4.69) is 15.5 Å². The molecule has 3 rings (SSSR count). The van der Waals surface area contributed by atoms with E-state index in [0.29, 0.717) is 29.2 Å². The van der Waals surface area contributed by atoms with Crippen LogP contribution in [0.5, 0.6) is 0 Å². The Labute approximate surface area is 196 Å². The van der Waals surface area contributed by atoms with E-state index < -0.39 is 22.7 Å². The number of thioether (sulfide) groups is 1. The summed E-state index contributed by atoms with van der Waals surface area (Å²) in [5, 5.41) is 11.4. The first-order chi connectivity index (χ1) is 15.2. The number of halogens is 5. The molecule has 3 aromatic rings. The Kier molecular flexibility index (Phi) is 8.05.